The van der Waals surface area contributed by atoms with E-state index in [0.717, 1.165) is 13.2 Å². The van der Waals surface area contributed by atoms with Crippen molar-refractivity contribution in [2.45, 2.75) is 52.1 Å². The third-order valence-electron chi connectivity index (χ3n) is 3.85. The van der Waals surface area contributed by atoms with Crippen LogP contribution in [0, 0.1) is 0 Å². The first kappa shape index (κ1) is 15.9. The van der Waals surface area contributed by atoms with E-state index >= 15 is 0 Å². The molecule has 0 saturated carbocycles. The lowest BCUT2D eigenvalue weighted by Crippen LogP contribution is -2.45. The van der Waals surface area contributed by atoms with Gasteiger partial charge in [-0.25, -0.2) is 0 Å². The minimum Gasteiger partial charge on any atom is -0.377 e. The molecule has 1 aliphatic heterocycles. The normalized spacial score (nSPS) is 20.2. The molecule has 0 aliphatic carbocycles. The lowest BCUT2D eigenvalue weighted by molar-refractivity contribution is 0.0193. The van der Waals surface area contributed by atoms with Gasteiger partial charge in [-0.3, -0.25) is 4.90 Å². The molecule has 1 rings (SSSR count). The predicted molar refractivity (Wildman–Crippen MR) is 78.1 cm³/mol. The molecule has 3 nitrogen and oxygen atoms in total. The van der Waals surface area contributed by atoms with Crippen LogP contribution in [0.25, 0.3) is 0 Å². The fourth-order valence-electron chi connectivity index (χ4n) is 2.48. The van der Waals surface area contributed by atoms with E-state index in [4.69, 9.17) is 4.74 Å². The highest BCUT2D eigenvalue weighted by Crippen LogP contribution is 2.11. The molecule has 1 atom stereocenters. The molecule has 0 amide bonds. The van der Waals surface area contributed by atoms with Crippen LogP contribution in [0.2, 0.25) is 0 Å². The van der Waals surface area contributed by atoms with Crippen LogP contribution < -0.4 is 0 Å². The van der Waals surface area contributed by atoms with Crippen molar-refractivity contribution >= 4 is 0 Å². The van der Waals surface area contributed by atoms with E-state index in [1.54, 1.807) is 0 Å². The van der Waals surface area contributed by atoms with E-state index in [-0.39, 0.29) is 0 Å². The predicted octanol–water partition coefficient (Wildman–Crippen LogP) is 2.61. The van der Waals surface area contributed by atoms with Crippen LogP contribution in [0.3, 0.4) is 0 Å². The van der Waals surface area contributed by atoms with Crippen molar-refractivity contribution in [3.63, 3.8) is 0 Å². The first-order valence-corrected chi connectivity index (χ1v) is 7.78. The maximum atomic E-state index is 6.06. The number of hydrogen-bond donors (Lipinski definition) is 0. The summed E-state index contributed by atoms with van der Waals surface area (Å²) in [5, 5.41) is 0. The Labute approximate surface area is 113 Å². The standard InChI is InChI=1S/C15H32N2O/c1-4-6-8-15(7-5-2)18-14-13-17-11-9-16(3)10-12-17/h15H,4-14H2,1-3H3. The van der Waals surface area contributed by atoms with E-state index in [1.807, 2.05) is 0 Å². The van der Waals surface area contributed by atoms with Gasteiger partial charge in [0.2, 0.25) is 0 Å². The summed E-state index contributed by atoms with van der Waals surface area (Å²) in [6.45, 7) is 11.3. The van der Waals surface area contributed by atoms with Crippen molar-refractivity contribution in [2.24, 2.45) is 0 Å². The van der Waals surface area contributed by atoms with Gasteiger partial charge in [-0.15, -0.1) is 0 Å². The van der Waals surface area contributed by atoms with Gasteiger partial charge in [0.05, 0.1) is 12.7 Å². The Balaban J connectivity index is 2.09. The van der Waals surface area contributed by atoms with Gasteiger partial charge in [0.25, 0.3) is 0 Å². The summed E-state index contributed by atoms with van der Waals surface area (Å²) >= 11 is 0. The minimum absolute atomic E-state index is 0.502. The van der Waals surface area contributed by atoms with Crippen molar-refractivity contribution < 1.29 is 4.74 Å². The monoisotopic (exact) mass is 256 g/mol. The van der Waals surface area contributed by atoms with Crippen LogP contribution in [-0.2, 0) is 4.74 Å². The Bertz CT molecular complexity index is 191. The van der Waals surface area contributed by atoms with E-state index in [2.05, 4.69) is 30.7 Å². The first-order valence-electron chi connectivity index (χ1n) is 7.78. The molecule has 0 spiro atoms. The molecule has 0 bridgehead atoms. The Morgan fingerprint density at radius 3 is 2.33 bits per heavy atom. The zero-order valence-corrected chi connectivity index (χ0v) is 12.7. The molecular formula is C15H32N2O. The summed E-state index contributed by atoms with van der Waals surface area (Å²) in [4.78, 5) is 4.93. The molecule has 108 valence electrons. The number of nitrogens with zero attached hydrogens (tertiary/aromatic N) is 2. The largest absolute Gasteiger partial charge is 0.377 e. The van der Waals surface area contributed by atoms with E-state index in [0.29, 0.717) is 6.10 Å². The van der Waals surface area contributed by atoms with Crippen molar-refractivity contribution in [1.82, 2.24) is 9.80 Å². The second-order valence-corrected chi connectivity index (χ2v) is 5.57. The number of piperazine rings is 1. The van der Waals surface area contributed by atoms with Gasteiger partial charge in [-0.1, -0.05) is 33.1 Å². The molecule has 18 heavy (non-hydrogen) atoms. The highest BCUT2D eigenvalue weighted by Gasteiger charge is 2.14. The van der Waals surface area contributed by atoms with Gasteiger partial charge in [-0.05, 0) is 19.9 Å². The summed E-state index contributed by atoms with van der Waals surface area (Å²) in [7, 11) is 2.20. The number of unbranched alkanes of at least 4 members (excludes halogenated alkanes) is 1. The third-order valence-corrected chi connectivity index (χ3v) is 3.85. The smallest absolute Gasteiger partial charge is 0.0597 e. The van der Waals surface area contributed by atoms with Crippen LogP contribution in [0.5, 0.6) is 0 Å². The maximum absolute atomic E-state index is 6.06. The number of hydrogen-bond acceptors (Lipinski definition) is 3. The fourth-order valence-corrected chi connectivity index (χ4v) is 2.48. The lowest BCUT2D eigenvalue weighted by Gasteiger charge is -2.32. The SMILES string of the molecule is CCCCC(CCC)OCCN1CCN(C)CC1. The fraction of sp³-hybridized carbons (Fsp3) is 1.00. The van der Waals surface area contributed by atoms with Gasteiger partial charge >= 0.3 is 0 Å². The maximum Gasteiger partial charge on any atom is 0.0597 e. The molecule has 1 fully saturated rings. The molecule has 1 heterocycles. The lowest BCUT2D eigenvalue weighted by atomic mass is 10.1. The Morgan fingerprint density at radius 1 is 1.00 bits per heavy atom. The zero-order chi connectivity index (χ0) is 13.2. The minimum atomic E-state index is 0.502. The van der Waals surface area contributed by atoms with Crippen molar-refractivity contribution in [3.8, 4) is 0 Å². The molecule has 0 N–H and O–H groups in total. The van der Waals surface area contributed by atoms with Crippen LogP contribution >= 0.6 is 0 Å². The van der Waals surface area contributed by atoms with Crippen molar-refractivity contribution in [1.29, 1.82) is 0 Å². The molecular weight excluding hydrogens is 224 g/mol. The van der Waals surface area contributed by atoms with Crippen LogP contribution in [0.4, 0.5) is 0 Å². The Kier molecular flexibility index (Phi) is 8.64. The molecule has 0 aromatic heterocycles. The number of rotatable bonds is 9. The van der Waals surface area contributed by atoms with Gasteiger partial charge in [0.1, 0.15) is 0 Å². The van der Waals surface area contributed by atoms with Gasteiger partial charge < -0.3 is 9.64 Å². The Hall–Kier alpha value is -0.120. The second kappa shape index (κ2) is 9.76. The highest BCUT2D eigenvalue weighted by molar-refractivity contribution is 4.69. The number of likely N-dealkylation sites (N-methyl/N-ethyl adjacent to an activating group) is 1. The van der Waals surface area contributed by atoms with Crippen molar-refractivity contribution in [2.75, 3.05) is 46.4 Å². The average Bonchev–Trinajstić information content (AvgIpc) is 2.38. The summed E-state index contributed by atoms with van der Waals surface area (Å²) in [6, 6.07) is 0. The third kappa shape index (κ3) is 6.72. The zero-order valence-electron chi connectivity index (χ0n) is 12.7. The van der Waals surface area contributed by atoms with Crippen LogP contribution in [-0.4, -0.2) is 62.3 Å². The highest BCUT2D eigenvalue weighted by atomic mass is 16.5. The molecule has 0 aromatic carbocycles. The summed E-state index contributed by atoms with van der Waals surface area (Å²) in [5.74, 6) is 0. The second-order valence-electron chi connectivity index (χ2n) is 5.57. The van der Waals surface area contributed by atoms with E-state index < -0.39 is 0 Å². The molecule has 3 heteroatoms. The Morgan fingerprint density at radius 2 is 1.72 bits per heavy atom. The summed E-state index contributed by atoms with van der Waals surface area (Å²) in [6.07, 6.45) is 6.79. The molecule has 0 aromatic rings. The topological polar surface area (TPSA) is 15.7 Å². The average molecular weight is 256 g/mol. The van der Waals surface area contributed by atoms with Gasteiger partial charge in [0.15, 0.2) is 0 Å². The molecule has 1 saturated heterocycles. The first-order chi connectivity index (χ1) is 8.76. The van der Waals surface area contributed by atoms with Gasteiger partial charge in [0, 0.05) is 32.7 Å². The van der Waals surface area contributed by atoms with Crippen LogP contribution in [0.15, 0.2) is 0 Å². The molecule has 1 aliphatic rings. The number of ether oxygens (including phenoxy) is 1. The van der Waals surface area contributed by atoms with Crippen LogP contribution in [0.1, 0.15) is 46.0 Å². The van der Waals surface area contributed by atoms with E-state index in [1.165, 1.54) is 58.3 Å². The van der Waals surface area contributed by atoms with E-state index in [9.17, 15) is 0 Å². The quantitative estimate of drug-likeness (QED) is 0.631. The molecule has 1 unspecified atom stereocenters. The summed E-state index contributed by atoms with van der Waals surface area (Å²) in [5.41, 5.74) is 0. The molecule has 0 radical (unpaired) electrons. The van der Waals surface area contributed by atoms with Gasteiger partial charge in [-0.2, -0.15) is 0 Å². The van der Waals surface area contributed by atoms with Crippen molar-refractivity contribution in [3.05, 3.63) is 0 Å². The summed E-state index contributed by atoms with van der Waals surface area (Å²) < 4.78 is 6.06.